The maximum Gasteiger partial charge on any atom is 0.316 e. The first kappa shape index (κ1) is 8.97. The smallest absolute Gasteiger partial charge is 0.316 e. The maximum absolute atomic E-state index is 10.9. The third-order valence-electron chi connectivity index (χ3n) is 1.18. The van der Waals surface area contributed by atoms with Gasteiger partial charge in [-0.2, -0.15) is 4.98 Å². The molecule has 8 heteroatoms. The number of nitrogens with one attached hydrogen (secondary N) is 2. The number of hydrazine groups is 1. The average Bonchev–Trinajstić information content (AvgIpc) is 2.03. The van der Waals surface area contributed by atoms with Crippen molar-refractivity contribution < 1.29 is 9.77 Å². The van der Waals surface area contributed by atoms with Crippen LogP contribution in [0.3, 0.4) is 0 Å². The van der Waals surface area contributed by atoms with Crippen LogP contribution in [-0.4, -0.2) is 22.1 Å². The van der Waals surface area contributed by atoms with Crippen molar-refractivity contribution >= 4 is 5.95 Å². The van der Waals surface area contributed by atoms with E-state index < -0.39 is 10.6 Å². The van der Waals surface area contributed by atoms with Crippen molar-refractivity contribution in [3.8, 4) is 5.75 Å². The van der Waals surface area contributed by atoms with Gasteiger partial charge in [0.1, 0.15) is 0 Å². The number of hydrogen-bond acceptors (Lipinski definition) is 5. The van der Waals surface area contributed by atoms with Crippen LogP contribution >= 0.6 is 0 Å². The molecule has 0 saturated heterocycles. The standard InChI is InChI=1S/C5H6N4O4/c1-13-3-2-6-5(7-4(3)10)8-9(11)12/h2H,1H3,(H2,6,7,8,10). The van der Waals surface area contributed by atoms with Crippen LogP contribution in [-0.2, 0) is 0 Å². The van der Waals surface area contributed by atoms with Gasteiger partial charge in [0.15, 0.2) is 5.03 Å². The third kappa shape index (κ3) is 2.15. The Labute approximate surface area is 71.7 Å². The fraction of sp³-hybridized carbons (Fsp3) is 0.200. The van der Waals surface area contributed by atoms with Gasteiger partial charge in [0, 0.05) is 0 Å². The van der Waals surface area contributed by atoms with E-state index in [4.69, 9.17) is 0 Å². The van der Waals surface area contributed by atoms with E-state index >= 15 is 0 Å². The van der Waals surface area contributed by atoms with Crippen molar-refractivity contribution in [3.05, 3.63) is 26.7 Å². The van der Waals surface area contributed by atoms with E-state index in [0.29, 0.717) is 0 Å². The van der Waals surface area contributed by atoms with Crippen LogP contribution in [0.5, 0.6) is 5.75 Å². The van der Waals surface area contributed by atoms with Gasteiger partial charge < -0.3 is 9.72 Å². The molecule has 8 nitrogen and oxygen atoms in total. The molecule has 0 aliphatic carbocycles. The van der Waals surface area contributed by atoms with Crippen LogP contribution in [0, 0.1) is 10.1 Å². The van der Waals surface area contributed by atoms with Gasteiger partial charge in [-0.25, -0.2) is 10.1 Å². The number of ether oxygens (including phenoxy) is 1. The molecule has 0 aliphatic heterocycles. The predicted molar refractivity (Wildman–Crippen MR) is 42.0 cm³/mol. The van der Waals surface area contributed by atoms with Crippen LogP contribution in [0.25, 0.3) is 0 Å². The van der Waals surface area contributed by atoms with E-state index in [0.717, 1.165) is 0 Å². The molecular formula is C5H6N4O4. The highest BCUT2D eigenvalue weighted by atomic mass is 16.7. The monoisotopic (exact) mass is 186 g/mol. The molecule has 0 spiro atoms. The maximum atomic E-state index is 10.9. The number of rotatable bonds is 3. The summed E-state index contributed by atoms with van der Waals surface area (Å²) in [5, 5.41) is 9.11. The zero-order valence-corrected chi connectivity index (χ0v) is 6.60. The second-order valence-electron chi connectivity index (χ2n) is 1.99. The minimum absolute atomic E-state index is 0.00565. The fourth-order valence-corrected chi connectivity index (χ4v) is 0.675. The first-order valence-electron chi connectivity index (χ1n) is 3.18. The highest BCUT2D eigenvalue weighted by Gasteiger charge is 2.05. The van der Waals surface area contributed by atoms with Crippen LogP contribution in [0.4, 0.5) is 5.95 Å². The van der Waals surface area contributed by atoms with Gasteiger partial charge >= 0.3 is 5.56 Å². The molecule has 13 heavy (non-hydrogen) atoms. The summed E-state index contributed by atoms with van der Waals surface area (Å²) in [6.07, 6.45) is 1.18. The summed E-state index contributed by atoms with van der Waals surface area (Å²) < 4.78 is 4.60. The predicted octanol–water partition coefficient (Wildman–Crippen LogP) is -0.618. The number of hydrogen-bond donors (Lipinski definition) is 2. The summed E-state index contributed by atoms with van der Waals surface area (Å²) in [5.41, 5.74) is 1.02. The Balaban J connectivity index is 2.96. The minimum atomic E-state index is -0.829. The molecule has 0 unspecified atom stereocenters. The lowest BCUT2D eigenvalue weighted by atomic mass is 10.6. The van der Waals surface area contributed by atoms with E-state index in [9.17, 15) is 14.9 Å². The highest BCUT2D eigenvalue weighted by molar-refractivity contribution is 5.24. The molecule has 2 N–H and O–H groups in total. The van der Waals surface area contributed by atoms with Crippen LogP contribution in [0.15, 0.2) is 11.0 Å². The Morgan fingerprint density at radius 2 is 2.46 bits per heavy atom. The van der Waals surface area contributed by atoms with Gasteiger partial charge in [-0.05, 0) is 0 Å². The molecule has 0 atom stereocenters. The zero-order valence-electron chi connectivity index (χ0n) is 6.60. The van der Waals surface area contributed by atoms with Crippen molar-refractivity contribution in [1.82, 2.24) is 9.97 Å². The Kier molecular flexibility index (Phi) is 2.43. The van der Waals surface area contributed by atoms with Crippen molar-refractivity contribution in [2.75, 3.05) is 12.5 Å². The van der Waals surface area contributed by atoms with E-state index in [1.54, 1.807) is 5.43 Å². The molecule has 1 aromatic heterocycles. The number of anilines is 1. The number of nitro groups is 1. The molecule has 0 fully saturated rings. The Morgan fingerprint density at radius 3 is 2.92 bits per heavy atom. The van der Waals surface area contributed by atoms with Gasteiger partial charge in [-0.1, -0.05) is 5.43 Å². The van der Waals surface area contributed by atoms with Gasteiger partial charge in [0.2, 0.25) is 5.75 Å². The summed E-state index contributed by atoms with van der Waals surface area (Å²) >= 11 is 0. The topological polar surface area (TPSA) is 110 Å². The third-order valence-corrected chi connectivity index (χ3v) is 1.18. The van der Waals surface area contributed by atoms with Gasteiger partial charge in [-0.3, -0.25) is 4.79 Å². The Morgan fingerprint density at radius 1 is 1.77 bits per heavy atom. The summed E-state index contributed by atoms with van der Waals surface area (Å²) in [7, 11) is 1.30. The number of nitrogens with zero attached hydrogens (tertiary/aromatic N) is 2. The van der Waals surface area contributed by atoms with E-state index in [1.165, 1.54) is 13.3 Å². The second kappa shape index (κ2) is 3.52. The lowest BCUT2D eigenvalue weighted by molar-refractivity contribution is -0.446. The zero-order chi connectivity index (χ0) is 9.84. The lowest BCUT2D eigenvalue weighted by Crippen LogP contribution is -2.17. The van der Waals surface area contributed by atoms with Gasteiger partial charge in [0.05, 0.1) is 13.3 Å². The number of methoxy groups -OCH3 is 1. The average molecular weight is 186 g/mol. The van der Waals surface area contributed by atoms with E-state index in [1.807, 2.05) is 0 Å². The fourth-order valence-electron chi connectivity index (χ4n) is 0.675. The molecule has 1 heterocycles. The largest absolute Gasteiger partial charge is 0.490 e. The Hall–Kier alpha value is -2.12. The summed E-state index contributed by atoms with van der Waals surface area (Å²) in [4.78, 5) is 26.5. The summed E-state index contributed by atoms with van der Waals surface area (Å²) in [6.45, 7) is 0. The Bertz CT molecular complexity index is 373. The van der Waals surface area contributed by atoms with Crippen LogP contribution in [0.2, 0.25) is 0 Å². The molecule has 0 saturated carbocycles. The van der Waals surface area contributed by atoms with Crippen molar-refractivity contribution in [2.24, 2.45) is 0 Å². The molecule has 1 aromatic rings. The number of aromatic amines is 1. The number of aromatic nitrogens is 2. The SMILES string of the molecule is COc1c[nH]c(N[N+](=O)[O-])nc1=O. The molecule has 0 bridgehead atoms. The van der Waals surface area contributed by atoms with Crippen molar-refractivity contribution in [1.29, 1.82) is 0 Å². The van der Waals surface area contributed by atoms with Gasteiger partial charge in [-0.15, -0.1) is 0 Å². The quantitative estimate of drug-likeness (QED) is 0.480. The van der Waals surface area contributed by atoms with Crippen LogP contribution < -0.4 is 15.7 Å². The van der Waals surface area contributed by atoms with Crippen LogP contribution in [0.1, 0.15) is 0 Å². The van der Waals surface area contributed by atoms with Crippen molar-refractivity contribution in [3.63, 3.8) is 0 Å². The molecular weight excluding hydrogens is 180 g/mol. The normalized spacial score (nSPS) is 9.31. The summed E-state index contributed by atoms with van der Waals surface area (Å²) in [5.74, 6) is -0.246. The summed E-state index contributed by atoms with van der Waals surface area (Å²) in [6, 6.07) is 0. The minimum Gasteiger partial charge on any atom is -0.490 e. The molecule has 0 amide bonds. The molecule has 0 radical (unpaired) electrons. The highest BCUT2D eigenvalue weighted by Crippen LogP contribution is 2.00. The van der Waals surface area contributed by atoms with E-state index in [-0.39, 0.29) is 11.7 Å². The first-order chi connectivity index (χ1) is 6.13. The van der Waals surface area contributed by atoms with Gasteiger partial charge in [0.25, 0.3) is 5.95 Å². The molecule has 70 valence electrons. The first-order valence-corrected chi connectivity index (χ1v) is 3.18. The van der Waals surface area contributed by atoms with E-state index in [2.05, 4.69) is 14.7 Å². The second-order valence-corrected chi connectivity index (χ2v) is 1.99. The molecule has 0 aromatic carbocycles. The molecule has 1 rings (SSSR count). The van der Waals surface area contributed by atoms with Crippen molar-refractivity contribution in [2.45, 2.75) is 0 Å². The lowest BCUT2D eigenvalue weighted by Gasteiger charge is -1.98. The molecule has 0 aliphatic rings. The number of H-pyrrole nitrogens is 1.